The van der Waals surface area contributed by atoms with Crippen molar-refractivity contribution < 1.29 is 18.3 Å². The Bertz CT molecular complexity index is 487. The predicted molar refractivity (Wildman–Crippen MR) is 47.5 cm³/mol. The summed E-state index contributed by atoms with van der Waals surface area (Å²) in [5.74, 6) is -0.615. The van der Waals surface area contributed by atoms with Crippen molar-refractivity contribution in [2.45, 2.75) is 6.92 Å². The van der Waals surface area contributed by atoms with Crippen LogP contribution in [0.3, 0.4) is 0 Å². The van der Waals surface area contributed by atoms with Crippen molar-refractivity contribution in [2.75, 3.05) is 0 Å². The number of hydrogen-bond donors (Lipinski definition) is 0. The monoisotopic (exact) mass is 194 g/mol. The highest BCUT2D eigenvalue weighted by atomic mass is 19.1. The first-order chi connectivity index (χ1) is 6.66. The van der Waals surface area contributed by atoms with Crippen LogP contribution >= 0.6 is 0 Å². The second-order valence-electron chi connectivity index (χ2n) is 2.83. The van der Waals surface area contributed by atoms with Crippen LogP contribution in [0.5, 0.6) is 5.75 Å². The van der Waals surface area contributed by atoms with Gasteiger partial charge in [0.05, 0.1) is 5.39 Å². The quantitative estimate of drug-likeness (QED) is 0.654. The molecule has 3 nitrogen and oxygen atoms in total. The molecule has 1 aromatic carbocycles. The maximum atomic E-state index is 12.8. The number of rotatable bonds is 1. The minimum absolute atomic E-state index is 0.243. The number of ether oxygens (including phenoxy) is 1. The average molecular weight is 194 g/mol. The van der Waals surface area contributed by atoms with E-state index in [4.69, 9.17) is 9.15 Å². The Hall–Kier alpha value is -1.84. The number of halogens is 1. The summed E-state index contributed by atoms with van der Waals surface area (Å²) in [5, 5.41) is 0.459. The Kier molecular flexibility index (Phi) is 1.96. The van der Waals surface area contributed by atoms with Gasteiger partial charge in [-0.25, -0.2) is 4.39 Å². The van der Waals surface area contributed by atoms with E-state index in [0.717, 1.165) is 0 Å². The van der Waals surface area contributed by atoms with Crippen molar-refractivity contribution in [3.8, 4) is 5.75 Å². The van der Waals surface area contributed by atoms with E-state index < -0.39 is 11.8 Å². The first-order valence-corrected chi connectivity index (χ1v) is 4.02. The number of carbonyl (C=O) groups excluding carboxylic acids is 1. The summed E-state index contributed by atoms with van der Waals surface area (Å²) in [5.41, 5.74) is 0.489. The third-order valence-corrected chi connectivity index (χ3v) is 1.75. The highest BCUT2D eigenvalue weighted by molar-refractivity contribution is 5.86. The fourth-order valence-electron chi connectivity index (χ4n) is 1.21. The molecule has 0 aliphatic carbocycles. The number of benzene rings is 1. The van der Waals surface area contributed by atoms with E-state index >= 15 is 0 Å². The number of carbonyl (C=O) groups is 1. The lowest BCUT2D eigenvalue weighted by molar-refractivity contribution is -0.131. The molecule has 0 spiro atoms. The van der Waals surface area contributed by atoms with Crippen LogP contribution in [0.2, 0.25) is 0 Å². The molecule has 0 bridgehead atoms. The highest BCUT2D eigenvalue weighted by Crippen LogP contribution is 2.28. The largest absolute Gasteiger partial charge is 0.460 e. The predicted octanol–water partition coefficient (Wildman–Crippen LogP) is 2.50. The molecule has 0 atom stereocenters. The highest BCUT2D eigenvalue weighted by Gasteiger charge is 2.09. The molecule has 2 aromatic rings. The fourth-order valence-corrected chi connectivity index (χ4v) is 1.21. The first-order valence-electron chi connectivity index (χ1n) is 4.02. The Balaban J connectivity index is 2.55. The van der Waals surface area contributed by atoms with E-state index in [1.807, 2.05) is 0 Å². The second kappa shape index (κ2) is 3.14. The molecule has 0 N–H and O–H groups in total. The molecule has 1 aromatic heterocycles. The third-order valence-electron chi connectivity index (χ3n) is 1.75. The molecule has 0 unspecified atom stereocenters. The second-order valence-corrected chi connectivity index (χ2v) is 2.83. The standard InChI is InChI=1S/C10H7FO3/c1-6(12)14-10-5-13-9-3-2-7(11)4-8(9)10/h2-5H,1H3. The van der Waals surface area contributed by atoms with E-state index in [9.17, 15) is 9.18 Å². The van der Waals surface area contributed by atoms with Crippen molar-refractivity contribution in [2.24, 2.45) is 0 Å². The van der Waals surface area contributed by atoms with E-state index in [0.29, 0.717) is 11.0 Å². The molecular weight excluding hydrogens is 187 g/mol. The van der Waals surface area contributed by atoms with Crippen LogP contribution in [0, 0.1) is 5.82 Å². The van der Waals surface area contributed by atoms with Crippen LogP contribution in [-0.4, -0.2) is 5.97 Å². The SMILES string of the molecule is CC(=O)Oc1coc2ccc(F)cc12. The van der Waals surface area contributed by atoms with Crippen molar-refractivity contribution in [3.63, 3.8) is 0 Å². The molecule has 72 valence electrons. The van der Waals surface area contributed by atoms with Crippen LogP contribution in [0.15, 0.2) is 28.9 Å². The van der Waals surface area contributed by atoms with Gasteiger partial charge in [-0.05, 0) is 18.2 Å². The summed E-state index contributed by atoms with van der Waals surface area (Å²) in [6.07, 6.45) is 1.28. The number of fused-ring (bicyclic) bond motifs is 1. The zero-order chi connectivity index (χ0) is 10.1. The Labute approximate surface area is 79.1 Å². The average Bonchev–Trinajstić information content (AvgIpc) is 2.47. The van der Waals surface area contributed by atoms with E-state index in [-0.39, 0.29) is 5.75 Å². The summed E-state index contributed by atoms with van der Waals surface area (Å²) in [6.45, 7) is 1.28. The van der Waals surface area contributed by atoms with Crippen molar-refractivity contribution in [1.29, 1.82) is 0 Å². The summed E-state index contributed by atoms with van der Waals surface area (Å²) in [6, 6.07) is 4.03. The van der Waals surface area contributed by atoms with Crippen LogP contribution in [-0.2, 0) is 4.79 Å². The van der Waals surface area contributed by atoms with Crippen molar-refractivity contribution in [1.82, 2.24) is 0 Å². The normalized spacial score (nSPS) is 10.4. The lowest BCUT2D eigenvalue weighted by Gasteiger charge is -1.96. The maximum absolute atomic E-state index is 12.8. The summed E-state index contributed by atoms with van der Waals surface area (Å²) in [7, 11) is 0. The van der Waals surface area contributed by atoms with Crippen molar-refractivity contribution >= 4 is 16.9 Å². The number of furan rings is 1. The van der Waals surface area contributed by atoms with Gasteiger partial charge in [0.25, 0.3) is 0 Å². The molecule has 0 radical (unpaired) electrons. The lowest BCUT2D eigenvalue weighted by Crippen LogP contribution is -2.00. The van der Waals surface area contributed by atoms with Crippen molar-refractivity contribution in [3.05, 3.63) is 30.3 Å². The van der Waals surface area contributed by atoms with Gasteiger partial charge < -0.3 is 9.15 Å². The van der Waals surface area contributed by atoms with Gasteiger partial charge in [-0.2, -0.15) is 0 Å². The van der Waals surface area contributed by atoms with Crippen LogP contribution in [0.1, 0.15) is 6.92 Å². The molecule has 1 heterocycles. The molecule has 14 heavy (non-hydrogen) atoms. The molecule has 0 saturated carbocycles. The maximum Gasteiger partial charge on any atom is 0.308 e. The van der Waals surface area contributed by atoms with E-state index in [1.54, 1.807) is 0 Å². The summed E-state index contributed by atoms with van der Waals surface area (Å²) >= 11 is 0. The molecule has 0 saturated heterocycles. The topological polar surface area (TPSA) is 39.4 Å². The van der Waals surface area contributed by atoms with E-state index in [2.05, 4.69) is 0 Å². The van der Waals surface area contributed by atoms with Gasteiger partial charge in [0.15, 0.2) is 5.75 Å². The van der Waals surface area contributed by atoms with Gasteiger partial charge in [-0.15, -0.1) is 0 Å². The van der Waals surface area contributed by atoms with Crippen LogP contribution < -0.4 is 4.74 Å². The number of esters is 1. The number of hydrogen-bond acceptors (Lipinski definition) is 3. The van der Waals surface area contributed by atoms with E-state index in [1.165, 1.54) is 31.4 Å². The van der Waals surface area contributed by atoms with Gasteiger partial charge in [-0.1, -0.05) is 0 Å². The Morgan fingerprint density at radius 1 is 1.50 bits per heavy atom. The molecule has 0 amide bonds. The Morgan fingerprint density at radius 2 is 2.29 bits per heavy atom. The van der Waals surface area contributed by atoms with Gasteiger partial charge in [0.1, 0.15) is 17.7 Å². The van der Waals surface area contributed by atoms with Crippen LogP contribution in [0.25, 0.3) is 11.0 Å². The summed E-state index contributed by atoms with van der Waals surface area (Å²) < 4.78 is 22.7. The molecule has 2 rings (SSSR count). The third kappa shape index (κ3) is 1.46. The smallest absolute Gasteiger partial charge is 0.308 e. The Morgan fingerprint density at radius 3 is 3.00 bits per heavy atom. The van der Waals surface area contributed by atoms with Gasteiger partial charge in [0, 0.05) is 6.92 Å². The molecular formula is C10H7FO3. The molecule has 0 fully saturated rings. The molecule has 0 aliphatic rings. The summed E-state index contributed by atoms with van der Waals surface area (Å²) in [4.78, 5) is 10.7. The first kappa shape index (κ1) is 8.74. The lowest BCUT2D eigenvalue weighted by atomic mass is 10.2. The van der Waals surface area contributed by atoms with Gasteiger partial charge >= 0.3 is 5.97 Å². The van der Waals surface area contributed by atoms with Crippen LogP contribution in [0.4, 0.5) is 4.39 Å². The molecule has 4 heteroatoms. The minimum atomic E-state index is -0.461. The minimum Gasteiger partial charge on any atom is -0.460 e. The molecule has 0 aliphatic heterocycles. The zero-order valence-electron chi connectivity index (χ0n) is 7.41. The van der Waals surface area contributed by atoms with Gasteiger partial charge in [-0.3, -0.25) is 4.79 Å². The van der Waals surface area contributed by atoms with Gasteiger partial charge in [0.2, 0.25) is 0 Å². The zero-order valence-corrected chi connectivity index (χ0v) is 7.41. The fraction of sp³-hybridized carbons (Fsp3) is 0.100.